The molecule has 3 nitrogen and oxygen atoms in total. The van der Waals surface area contributed by atoms with Crippen molar-refractivity contribution in [2.45, 2.75) is 50.9 Å². The Labute approximate surface area is 164 Å². The minimum absolute atomic E-state index is 0.699. The largest absolute Gasteiger partial charge is 0.314 e. The number of rotatable bonds is 6. The number of nitrogens with one attached hydrogen (secondary N) is 1. The third-order valence-electron chi connectivity index (χ3n) is 6.31. The Morgan fingerprint density at radius 3 is 1.78 bits per heavy atom. The lowest BCUT2D eigenvalue weighted by atomic mass is 9.88. The van der Waals surface area contributed by atoms with Crippen LogP contribution in [0.5, 0.6) is 0 Å². The molecule has 3 heteroatoms. The fraction of sp³-hybridized carbons (Fsp3) is 0.500. The summed E-state index contributed by atoms with van der Waals surface area (Å²) >= 11 is 0. The van der Waals surface area contributed by atoms with Crippen LogP contribution in [-0.4, -0.2) is 48.1 Å². The van der Waals surface area contributed by atoms with E-state index in [-0.39, 0.29) is 0 Å². The fourth-order valence-corrected chi connectivity index (χ4v) is 4.79. The molecular formula is C24H33N3. The molecule has 0 bridgehead atoms. The van der Waals surface area contributed by atoms with Crippen LogP contribution in [0.15, 0.2) is 60.7 Å². The van der Waals surface area contributed by atoms with E-state index in [1.54, 1.807) is 0 Å². The van der Waals surface area contributed by atoms with E-state index in [9.17, 15) is 0 Å². The zero-order valence-corrected chi connectivity index (χ0v) is 16.4. The molecule has 0 amide bonds. The monoisotopic (exact) mass is 363 g/mol. The summed E-state index contributed by atoms with van der Waals surface area (Å²) in [6.45, 7) is 6.89. The van der Waals surface area contributed by atoms with E-state index in [1.807, 2.05) is 0 Å². The van der Waals surface area contributed by atoms with E-state index < -0.39 is 0 Å². The molecule has 0 atom stereocenters. The molecule has 2 aromatic rings. The van der Waals surface area contributed by atoms with Crippen molar-refractivity contribution < 1.29 is 0 Å². The fourth-order valence-electron chi connectivity index (χ4n) is 4.79. The van der Waals surface area contributed by atoms with Crippen LogP contribution in [-0.2, 0) is 13.1 Å². The van der Waals surface area contributed by atoms with Gasteiger partial charge in [-0.1, -0.05) is 60.7 Å². The van der Waals surface area contributed by atoms with Crippen LogP contribution in [0.25, 0.3) is 0 Å². The van der Waals surface area contributed by atoms with Gasteiger partial charge >= 0.3 is 0 Å². The smallest absolute Gasteiger partial charge is 0.0240 e. The first-order valence-electron chi connectivity index (χ1n) is 10.6. The highest BCUT2D eigenvalue weighted by molar-refractivity contribution is 5.17. The lowest BCUT2D eigenvalue weighted by molar-refractivity contribution is 0.0797. The minimum atomic E-state index is 0.699. The van der Waals surface area contributed by atoms with E-state index >= 15 is 0 Å². The van der Waals surface area contributed by atoms with Crippen LogP contribution >= 0.6 is 0 Å². The molecule has 0 aromatic heterocycles. The summed E-state index contributed by atoms with van der Waals surface area (Å²) in [7, 11) is 0. The first-order valence-corrected chi connectivity index (χ1v) is 10.6. The van der Waals surface area contributed by atoms with Crippen molar-refractivity contribution in [3.63, 3.8) is 0 Å². The Balaban J connectivity index is 1.40. The molecule has 144 valence electrons. The third kappa shape index (κ3) is 5.19. The van der Waals surface area contributed by atoms with Crippen LogP contribution in [0.1, 0.15) is 36.8 Å². The van der Waals surface area contributed by atoms with Gasteiger partial charge in [-0.25, -0.2) is 0 Å². The molecule has 0 spiro atoms. The second-order valence-electron chi connectivity index (χ2n) is 8.12. The first kappa shape index (κ1) is 18.7. The second-order valence-corrected chi connectivity index (χ2v) is 8.12. The predicted molar refractivity (Wildman–Crippen MR) is 113 cm³/mol. The van der Waals surface area contributed by atoms with Gasteiger partial charge in [0.25, 0.3) is 0 Å². The van der Waals surface area contributed by atoms with Gasteiger partial charge in [0.1, 0.15) is 0 Å². The highest BCUT2D eigenvalue weighted by Crippen LogP contribution is 2.29. The number of nitrogens with zero attached hydrogens (tertiary/aromatic N) is 2. The molecule has 1 aliphatic carbocycles. The standard InChI is InChI=1S/C24H33N3/c1-3-7-21(8-4-1)19-27(20-22-9-5-2-6-10-22)24-13-11-23(12-14-24)26-17-15-25-16-18-26/h1-10,23-25H,11-20H2/t23-,24+. The number of piperazine rings is 1. The van der Waals surface area contributed by atoms with E-state index in [0.29, 0.717) is 6.04 Å². The molecule has 1 saturated carbocycles. The molecule has 4 rings (SSSR count). The summed E-state index contributed by atoms with van der Waals surface area (Å²) in [5.41, 5.74) is 2.86. The van der Waals surface area contributed by atoms with Crippen LogP contribution in [0.2, 0.25) is 0 Å². The number of hydrogen-bond donors (Lipinski definition) is 1. The van der Waals surface area contributed by atoms with Crippen LogP contribution in [0.3, 0.4) is 0 Å². The molecule has 0 radical (unpaired) electrons. The van der Waals surface area contributed by atoms with E-state index in [1.165, 1.54) is 49.9 Å². The van der Waals surface area contributed by atoms with Gasteiger partial charge < -0.3 is 5.32 Å². The average Bonchev–Trinajstić information content (AvgIpc) is 2.76. The van der Waals surface area contributed by atoms with Crippen molar-refractivity contribution >= 4 is 0 Å². The Morgan fingerprint density at radius 2 is 1.26 bits per heavy atom. The maximum atomic E-state index is 3.49. The molecule has 1 saturated heterocycles. The molecular weight excluding hydrogens is 330 g/mol. The Morgan fingerprint density at radius 1 is 0.741 bits per heavy atom. The lowest BCUT2D eigenvalue weighted by Gasteiger charge is -2.42. The van der Waals surface area contributed by atoms with Gasteiger partial charge in [-0.3, -0.25) is 9.80 Å². The van der Waals surface area contributed by atoms with Gasteiger partial charge in [-0.2, -0.15) is 0 Å². The maximum Gasteiger partial charge on any atom is 0.0240 e. The maximum absolute atomic E-state index is 3.49. The minimum Gasteiger partial charge on any atom is -0.314 e. The summed E-state index contributed by atoms with van der Waals surface area (Å²) in [6.07, 6.45) is 5.36. The van der Waals surface area contributed by atoms with Crippen molar-refractivity contribution in [1.82, 2.24) is 15.1 Å². The molecule has 0 unspecified atom stereocenters. The van der Waals surface area contributed by atoms with Gasteiger partial charge in [0.05, 0.1) is 0 Å². The highest BCUT2D eigenvalue weighted by atomic mass is 15.2. The Bertz CT molecular complexity index is 617. The molecule has 2 fully saturated rings. The third-order valence-corrected chi connectivity index (χ3v) is 6.31. The van der Waals surface area contributed by atoms with Crippen molar-refractivity contribution in [2.75, 3.05) is 26.2 Å². The van der Waals surface area contributed by atoms with Crippen molar-refractivity contribution in [2.24, 2.45) is 0 Å². The summed E-state index contributed by atoms with van der Waals surface area (Å²) in [5, 5.41) is 3.49. The molecule has 1 N–H and O–H groups in total. The molecule has 1 aliphatic heterocycles. The lowest BCUT2D eigenvalue weighted by Crippen LogP contribution is -2.50. The van der Waals surface area contributed by atoms with Crippen molar-refractivity contribution in [1.29, 1.82) is 0 Å². The van der Waals surface area contributed by atoms with Crippen molar-refractivity contribution in [3.05, 3.63) is 71.8 Å². The van der Waals surface area contributed by atoms with Gasteiger partial charge in [-0.15, -0.1) is 0 Å². The van der Waals surface area contributed by atoms with Gasteiger partial charge in [0.2, 0.25) is 0 Å². The number of hydrogen-bond acceptors (Lipinski definition) is 3. The number of benzene rings is 2. The van der Waals surface area contributed by atoms with Gasteiger partial charge in [0, 0.05) is 51.4 Å². The van der Waals surface area contributed by atoms with Gasteiger partial charge in [-0.05, 0) is 36.8 Å². The van der Waals surface area contributed by atoms with Gasteiger partial charge in [0.15, 0.2) is 0 Å². The van der Waals surface area contributed by atoms with E-state index in [4.69, 9.17) is 0 Å². The molecule has 2 aliphatic rings. The van der Waals surface area contributed by atoms with Crippen molar-refractivity contribution in [3.8, 4) is 0 Å². The topological polar surface area (TPSA) is 18.5 Å². The van der Waals surface area contributed by atoms with Crippen LogP contribution in [0, 0.1) is 0 Å². The summed E-state index contributed by atoms with van der Waals surface area (Å²) in [6, 6.07) is 23.5. The average molecular weight is 364 g/mol. The zero-order chi connectivity index (χ0) is 18.3. The van der Waals surface area contributed by atoms with Crippen LogP contribution < -0.4 is 5.32 Å². The summed E-state index contributed by atoms with van der Waals surface area (Å²) in [4.78, 5) is 5.45. The highest BCUT2D eigenvalue weighted by Gasteiger charge is 2.29. The molecule has 2 aromatic carbocycles. The second kappa shape index (κ2) is 9.50. The summed E-state index contributed by atoms with van der Waals surface area (Å²) < 4.78 is 0. The Hall–Kier alpha value is -1.68. The SMILES string of the molecule is c1ccc(CN(Cc2ccccc2)[C@H]2CC[C@@H](N3CCNCC3)CC2)cc1. The van der Waals surface area contributed by atoms with E-state index in [2.05, 4.69) is 75.8 Å². The predicted octanol–water partition coefficient (Wildman–Crippen LogP) is 3.91. The first-order chi connectivity index (χ1) is 13.4. The quantitative estimate of drug-likeness (QED) is 0.840. The normalized spacial score (nSPS) is 24.2. The van der Waals surface area contributed by atoms with E-state index in [0.717, 1.165) is 32.2 Å². The molecule has 1 heterocycles. The molecule has 27 heavy (non-hydrogen) atoms. The van der Waals surface area contributed by atoms with Crippen LogP contribution in [0.4, 0.5) is 0 Å². The zero-order valence-electron chi connectivity index (χ0n) is 16.4. The Kier molecular flexibility index (Phi) is 6.57. The summed E-state index contributed by atoms with van der Waals surface area (Å²) in [5.74, 6) is 0.